The van der Waals surface area contributed by atoms with Gasteiger partial charge >= 0.3 is 17.8 Å². The molecule has 5 N–H and O–H groups in total. The Bertz CT molecular complexity index is 1060. The molecular weight excluding hydrogens is 423 g/mol. The quantitative estimate of drug-likeness (QED) is 0.475. The molecule has 0 saturated heterocycles. The Morgan fingerprint density at radius 1 is 1.16 bits per heavy atom. The van der Waals surface area contributed by atoms with Crippen LogP contribution >= 0.6 is 0 Å². The highest BCUT2D eigenvalue weighted by molar-refractivity contribution is 6.00. The minimum Gasteiger partial charge on any atom is -0.481 e. The summed E-state index contributed by atoms with van der Waals surface area (Å²) in [5, 5.41) is 13.2. The summed E-state index contributed by atoms with van der Waals surface area (Å²) < 4.78 is 44.1. The van der Waals surface area contributed by atoms with Gasteiger partial charge in [-0.3, -0.25) is 14.4 Å². The molecule has 1 aromatic carbocycles. The molecule has 0 aliphatic carbocycles. The van der Waals surface area contributed by atoms with Crippen LogP contribution in [0.5, 0.6) is 0 Å². The molecule has 1 heterocycles. The molecule has 9 nitrogen and oxygen atoms in total. The van der Waals surface area contributed by atoms with Gasteiger partial charge in [0.15, 0.2) is 0 Å². The third kappa shape index (κ3) is 6.04. The van der Waals surface area contributed by atoms with Crippen LogP contribution < -0.4 is 22.0 Å². The summed E-state index contributed by atoms with van der Waals surface area (Å²) in [6.45, 7) is 3.32. The van der Waals surface area contributed by atoms with Gasteiger partial charge in [-0.05, 0) is 18.1 Å². The second kappa shape index (κ2) is 9.16. The summed E-state index contributed by atoms with van der Waals surface area (Å²) >= 11 is 0. The zero-order valence-corrected chi connectivity index (χ0v) is 16.4. The fourth-order valence-electron chi connectivity index (χ4n) is 2.66. The highest BCUT2D eigenvalue weighted by Gasteiger charge is 2.34. The van der Waals surface area contributed by atoms with Crippen LogP contribution in [0.1, 0.15) is 25.8 Å². The van der Waals surface area contributed by atoms with E-state index in [0.717, 1.165) is 18.2 Å². The molecule has 31 heavy (non-hydrogen) atoms. The second-order valence-corrected chi connectivity index (χ2v) is 7.11. The Balaban J connectivity index is 2.31. The van der Waals surface area contributed by atoms with Crippen molar-refractivity contribution in [1.29, 1.82) is 0 Å². The van der Waals surface area contributed by atoms with Crippen LogP contribution in [-0.2, 0) is 20.6 Å². The molecule has 0 spiro atoms. The van der Waals surface area contributed by atoms with Crippen LogP contribution in [0.3, 0.4) is 0 Å². The van der Waals surface area contributed by atoms with Gasteiger partial charge in [0.05, 0.1) is 18.0 Å². The van der Waals surface area contributed by atoms with Crippen LogP contribution in [0, 0.1) is 5.92 Å². The van der Waals surface area contributed by atoms with Crippen LogP contribution in [0.15, 0.2) is 33.5 Å². The van der Waals surface area contributed by atoms with E-state index in [9.17, 15) is 32.3 Å². The molecule has 0 aliphatic rings. The van der Waals surface area contributed by atoms with E-state index in [1.54, 1.807) is 13.8 Å². The van der Waals surface area contributed by atoms with Gasteiger partial charge in [0, 0.05) is 23.2 Å². The van der Waals surface area contributed by atoms with Crippen molar-refractivity contribution in [2.75, 3.05) is 5.32 Å². The van der Waals surface area contributed by atoms with E-state index in [1.807, 2.05) is 0 Å². The van der Waals surface area contributed by atoms with Crippen molar-refractivity contribution in [1.82, 2.24) is 5.32 Å². The lowest BCUT2D eigenvalue weighted by Gasteiger charge is -2.21. The predicted molar refractivity (Wildman–Crippen MR) is 103 cm³/mol. The first-order valence-electron chi connectivity index (χ1n) is 9.03. The number of carbonyl (C=O) groups excluding carboxylic acids is 2. The van der Waals surface area contributed by atoms with Gasteiger partial charge < -0.3 is 25.9 Å². The van der Waals surface area contributed by atoms with Crippen LogP contribution in [0.4, 0.5) is 18.9 Å². The number of carboxylic acids is 1. The van der Waals surface area contributed by atoms with E-state index in [-0.39, 0.29) is 11.6 Å². The Labute approximate surface area is 173 Å². The molecule has 168 valence electrons. The van der Waals surface area contributed by atoms with Gasteiger partial charge in [-0.1, -0.05) is 13.8 Å². The fourth-order valence-corrected chi connectivity index (χ4v) is 2.66. The van der Waals surface area contributed by atoms with E-state index in [1.165, 1.54) is 0 Å². The first-order valence-corrected chi connectivity index (χ1v) is 9.03. The van der Waals surface area contributed by atoms with E-state index in [0.29, 0.717) is 6.07 Å². The molecule has 2 atom stereocenters. The first kappa shape index (κ1) is 23.9. The van der Waals surface area contributed by atoms with Gasteiger partial charge in [-0.2, -0.15) is 13.2 Å². The number of anilines is 1. The largest absolute Gasteiger partial charge is 0.481 e. The number of hydrogen-bond acceptors (Lipinski definition) is 6. The SMILES string of the molecule is CC(C)[C@H](N)C(=O)N[C@@H](CC(=O)O)C(=O)Nc1ccc2c(C(F)(F)F)cc(=O)oc2c1. The lowest BCUT2D eigenvalue weighted by Crippen LogP contribution is -2.52. The van der Waals surface area contributed by atoms with Gasteiger partial charge in [-0.15, -0.1) is 0 Å². The maximum Gasteiger partial charge on any atom is 0.417 e. The Hall–Kier alpha value is -3.41. The van der Waals surface area contributed by atoms with E-state index >= 15 is 0 Å². The Morgan fingerprint density at radius 2 is 1.81 bits per heavy atom. The number of rotatable bonds is 7. The van der Waals surface area contributed by atoms with Crippen LogP contribution in [0.25, 0.3) is 11.0 Å². The number of aliphatic carboxylic acids is 1. The number of carboxylic acid groups (broad SMARTS) is 1. The first-order chi connectivity index (χ1) is 14.3. The van der Waals surface area contributed by atoms with Crippen molar-refractivity contribution in [3.05, 3.63) is 40.2 Å². The summed E-state index contributed by atoms with van der Waals surface area (Å²) in [6, 6.07) is 0.935. The highest BCUT2D eigenvalue weighted by atomic mass is 19.4. The number of nitrogens with two attached hydrogens (primary N) is 1. The number of fused-ring (bicyclic) bond motifs is 1. The zero-order chi connectivity index (χ0) is 23.5. The van der Waals surface area contributed by atoms with Gasteiger partial charge in [-0.25, -0.2) is 4.79 Å². The summed E-state index contributed by atoms with van der Waals surface area (Å²) in [4.78, 5) is 47.2. The van der Waals surface area contributed by atoms with Gasteiger partial charge in [0.25, 0.3) is 0 Å². The van der Waals surface area contributed by atoms with E-state index < -0.39 is 64.6 Å². The average molecular weight is 443 g/mol. The smallest absolute Gasteiger partial charge is 0.417 e. The predicted octanol–water partition coefficient (Wildman–Crippen LogP) is 1.69. The van der Waals surface area contributed by atoms with Crippen molar-refractivity contribution in [3.8, 4) is 0 Å². The molecule has 0 unspecified atom stereocenters. The molecule has 0 aliphatic heterocycles. The van der Waals surface area contributed by atoms with Crippen LogP contribution in [0.2, 0.25) is 0 Å². The van der Waals surface area contributed by atoms with E-state index in [2.05, 4.69) is 10.6 Å². The average Bonchev–Trinajstić information content (AvgIpc) is 2.64. The number of carbonyl (C=O) groups is 3. The lowest BCUT2D eigenvalue weighted by atomic mass is 10.0. The summed E-state index contributed by atoms with van der Waals surface area (Å²) in [5.41, 5.74) is 2.76. The van der Waals surface area contributed by atoms with Crippen molar-refractivity contribution in [2.45, 2.75) is 38.5 Å². The number of hydrogen-bond donors (Lipinski definition) is 4. The van der Waals surface area contributed by atoms with Crippen LogP contribution in [-0.4, -0.2) is 35.0 Å². The van der Waals surface area contributed by atoms with Crippen molar-refractivity contribution >= 4 is 34.4 Å². The fraction of sp³-hybridized carbons (Fsp3) is 0.368. The van der Waals surface area contributed by atoms with Gasteiger partial charge in [0.2, 0.25) is 11.8 Å². The summed E-state index contributed by atoms with van der Waals surface area (Å²) in [7, 11) is 0. The molecule has 0 radical (unpaired) electrons. The Kier molecular flexibility index (Phi) is 7.05. The molecule has 0 fully saturated rings. The maximum absolute atomic E-state index is 13.1. The number of benzene rings is 1. The standard InChI is InChI=1S/C19H20F3N3O6/c1-8(2)16(23)18(30)25-12(7-14(26)27)17(29)24-9-3-4-10-11(19(20,21)22)6-15(28)31-13(10)5-9/h3-6,8,12,16H,7,23H2,1-2H3,(H,24,29)(H,25,30)(H,26,27)/t12-,16-/m0/s1. The number of amides is 2. The monoisotopic (exact) mass is 443 g/mol. The van der Waals surface area contributed by atoms with Gasteiger partial charge in [0.1, 0.15) is 11.6 Å². The normalized spacial score (nSPS) is 13.6. The Morgan fingerprint density at radius 3 is 2.35 bits per heavy atom. The van der Waals surface area contributed by atoms with E-state index in [4.69, 9.17) is 15.3 Å². The summed E-state index contributed by atoms with van der Waals surface area (Å²) in [6.07, 6.45) is -5.56. The third-order valence-corrected chi connectivity index (χ3v) is 4.35. The van der Waals surface area contributed by atoms with Crippen molar-refractivity contribution < 1.29 is 37.1 Å². The zero-order valence-electron chi connectivity index (χ0n) is 16.4. The summed E-state index contributed by atoms with van der Waals surface area (Å²) in [5.74, 6) is -3.34. The molecule has 2 aromatic rings. The maximum atomic E-state index is 13.1. The minimum absolute atomic E-state index is 0.0715. The highest BCUT2D eigenvalue weighted by Crippen LogP contribution is 2.34. The second-order valence-electron chi connectivity index (χ2n) is 7.11. The third-order valence-electron chi connectivity index (χ3n) is 4.35. The molecule has 12 heteroatoms. The number of nitrogens with one attached hydrogen (secondary N) is 2. The number of alkyl halides is 3. The number of halogens is 3. The molecule has 0 saturated carbocycles. The molecule has 2 amide bonds. The molecule has 1 aromatic heterocycles. The molecule has 0 bridgehead atoms. The minimum atomic E-state index is -4.80. The topological polar surface area (TPSA) is 152 Å². The molecular formula is C19H20F3N3O6. The molecule has 2 rings (SSSR count). The van der Waals surface area contributed by atoms with Crippen molar-refractivity contribution in [2.24, 2.45) is 11.7 Å². The lowest BCUT2D eigenvalue weighted by molar-refractivity contribution is -0.140. The van der Waals surface area contributed by atoms with Crippen molar-refractivity contribution in [3.63, 3.8) is 0 Å².